The first-order valence-corrected chi connectivity index (χ1v) is 7.47. The van der Waals surface area contributed by atoms with Gasteiger partial charge >= 0.3 is 0 Å². The average Bonchev–Trinajstić information content (AvgIpc) is 2.81. The van der Waals surface area contributed by atoms with E-state index in [4.69, 9.17) is 0 Å². The van der Waals surface area contributed by atoms with Crippen LogP contribution < -0.4 is 5.32 Å². The normalized spacial score (nSPS) is 23.8. The Hall–Kier alpha value is -1.42. The van der Waals surface area contributed by atoms with Crippen molar-refractivity contribution in [2.75, 3.05) is 6.54 Å². The number of nitro groups is 1. The van der Waals surface area contributed by atoms with E-state index in [9.17, 15) is 10.1 Å². The zero-order valence-corrected chi connectivity index (χ0v) is 12.6. The van der Waals surface area contributed by atoms with E-state index < -0.39 is 0 Å². The molecular weight excluding hydrogens is 252 g/mol. The molecule has 0 saturated heterocycles. The average molecular weight is 276 g/mol. The molecule has 20 heavy (non-hydrogen) atoms. The number of aryl methyl sites for hydroxylation is 1. The Bertz CT molecular complexity index is 487. The maximum atomic E-state index is 11.0. The van der Waals surface area contributed by atoms with Crippen LogP contribution in [-0.2, 0) is 0 Å². The Kier molecular flexibility index (Phi) is 4.76. The van der Waals surface area contributed by atoms with Crippen LogP contribution >= 0.6 is 0 Å². The number of nitrogens with zero attached hydrogens (tertiary/aromatic N) is 1. The highest BCUT2D eigenvalue weighted by molar-refractivity contribution is 5.43. The number of hydrogen-bond acceptors (Lipinski definition) is 3. The molecule has 1 aromatic carbocycles. The molecule has 110 valence electrons. The molecule has 1 aliphatic rings. The van der Waals surface area contributed by atoms with Gasteiger partial charge in [-0.1, -0.05) is 31.9 Å². The minimum Gasteiger partial charge on any atom is -0.310 e. The van der Waals surface area contributed by atoms with Crippen LogP contribution in [0.4, 0.5) is 5.69 Å². The minimum absolute atomic E-state index is 0.155. The molecule has 0 heterocycles. The summed E-state index contributed by atoms with van der Waals surface area (Å²) in [6.45, 7) is 7.18. The summed E-state index contributed by atoms with van der Waals surface area (Å²) in [6, 6.07) is 5.68. The lowest BCUT2D eigenvalue weighted by atomic mass is 9.97. The minimum atomic E-state index is -0.301. The third kappa shape index (κ3) is 3.37. The summed E-state index contributed by atoms with van der Waals surface area (Å²) < 4.78 is 0. The van der Waals surface area contributed by atoms with Crippen LogP contribution in [0.3, 0.4) is 0 Å². The molecule has 1 N–H and O–H groups in total. The van der Waals surface area contributed by atoms with E-state index in [1.165, 1.54) is 19.3 Å². The van der Waals surface area contributed by atoms with Crippen LogP contribution in [-0.4, -0.2) is 11.5 Å². The number of hydrogen-bond donors (Lipinski definition) is 1. The fourth-order valence-corrected chi connectivity index (χ4v) is 3.06. The number of nitrogens with one attached hydrogen (secondary N) is 1. The second-order valence-corrected chi connectivity index (χ2v) is 6.10. The first-order valence-electron chi connectivity index (χ1n) is 7.47. The van der Waals surface area contributed by atoms with Gasteiger partial charge < -0.3 is 5.32 Å². The molecule has 3 atom stereocenters. The molecule has 0 aromatic heterocycles. The summed E-state index contributed by atoms with van der Waals surface area (Å²) in [5, 5.41) is 14.5. The predicted octanol–water partition coefficient (Wildman–Crippen LogP) is 3.99. The van der Waals surface area contributed by atoms with Crippen molar-refractivity contribution >= 4 is 5.69 Å². The maximum absolute atomic E-state index is 11.0. The van der Waals surface area contributed by atoms with Crippen LogP contribution in [0.5, 0.6) is 0 Å². The number of nitro benzene ring substituents is 1. The molecule has 1 aliphatic carbocycles. The van der Waals surface area contributed by atoms with E-state index in [1.807, 2.05) is 12.1 Å². The molecule has 4 nitrogen and oxygen atoms in total. The SMILES string of the molecule is Cc1ccc(C(C)NCC2CCCC2C)cc1[N+](=O)[O-]. The Labute approximate surface area is 120 Å². The molecule has 1 saturated carbocycles. The standard InChI is InChI=1S/C16H24N2O2/c1-11-5-4-6-15(11)10-17-13(3)14-8-7-12(2)16(9-14)18(19)20/h7-9,11,13,15,17H,4-6,10H2,1-3H3. The van der Waals surface area contributed by atoms with Gasteiger partial charge in [0, 0.05) is 17.7 Å². The monoisotopic (exact) mass is 276 g/mol. The molecule has 3 unspecified atom stereocenters. The van der Waals surface area contributed by atoms with E-state index in [0.717, 1.165) is 29.5 Å². The van der Waals surface area contributed by atoms with Crippen LogP contribution in [0.25, 0.3) is 0 Å². The summed E-state index contributed by atoms with van der Waals surface area (Å²) in [4.78, 5) is 10.7. The fourth-order valence-electron chi connectivity index (χ4n) is 3.06. The van der Waals surface area contributed by atoms with Crippen LogP contribution in [0, 0.1) is 28.9 Å². The lowest BCUT2D eigenvalue weighted by molar-refractivity contribution is -0.385. The second kappa shape index (κ2) is 6.35. The molecule has 0 bridgehead atoms. The van der Waals surface area contributed by atoms with Gasteiger partial charge in [-0.3, -0.25) is 10.1 Å². The fraction of sp³-hybridized carbons (Fsp3) is 0.625. The van der Waals surface area contributed by atoms with Crippen LogP contribution in [0.2, 0.25) is 0 Å². The van der Waals surface area contributed by atoms with Crippen molar-refractivity contribution < 1.29 is 4.92 Å². The quantitative estimate of drug-likeness (QED) is 0.653. The second-order valence-electron chi connectivity index (χ2n) is 6.10. The number of rotatable bonds is 5. The van der Waals surface area contributed by atoms with Crippen molar-refractivity contribution in [1.82, 2.24) is 5.32 Å². The van der Waals surface area contributed by atoms with Gasteiger partial charge in [-0.2, -0.15) is 0 Å². The van der Waals surface area contributed by atoms with Gasteiger partial charge in [-0.25, -0.2) is 0 Å². The summed E-state index contributed by atoms with van der Waals surface area (Å²) in [6.07, 6.45) is 3.96. The zero-order valence-electron chi connectivity index (χ0n) is 12.6. The summed E-state index contributed by atoms with van der Waals surface area (Å²) in [5.74, 6) is 1.54. The van der Waals surface area contributed by atoms with Crippen LogP contribution in [0.1, 0.15) is 50.3 Å². The molecular formula is C16H24N2O2. The smallest absolute Gasteiger partial charge is 0.272 e. The highest BCUT2D eigenvalue weighted by atomic mass is 16.6. The van der Waals surface area contributed by atoms with Gasteiger partial charge in [0.1, 0.15) is 0 Å². The first kappa shape index (κ1) is 15.0. The summed E-state index contributed by atoms with van der Waals surface area (Å²) in [5.41, 5.74) is 1.92. The Morgan fingerprint density at radius 1 is 1.45 bits per heavy atom. The lowest BCUT2D eigenvalue weighted by Crippen LogP contribution is -2.27. The van der Waals surface area contributed by atoms with Gasteiger partial charge in [-0.05, 0) is 44.2 Å². The molecule has 1 fully saturated rings. The molecule has 0 spiro atoms. The molecule has 0 aliphatic heterocycles. The predicted molar refractivity (Wildman–Crippen MR) is 80.8 cm³/mol. The largest absolute Gasteiger partial charge is 0.310 e. The molecule has 2 rings (SSSR count). The van der Waals surface area contributed by atoms with E-state index >= 15 is 0 Å². The van der Waals surface area contributed by atoms with Crippen molar-refractivity contribution in [3.8, 4) is 0 Å². The Balaban J connectivity index is 2.00. The van der Waals surface area contributed by atoms with Crippen molar-refractivity contribution in [3.63, 3.8) is 0 Å². The molecule has 4 heteroatoms. The third-order valence-corrected chi connectivity index (χ3v) is 4.66. The molecule has 1 aromatic rings. The highest BCUT2D eigenvalue weighted by Gasteiger charge is 2.23. The highest BCUT2D eigenvalue weighted by Crippen LogP contribution is 2.31. The van der Waals surface area contributed by atoms with Gasteiger partial charge in [0.2, 0.25) is 0 Å². The Morgan fingerprint density at radius 2 is 2.20 bits per heavy atom. The first-order chi connectivity index (χ1) is 9.49. The van der Waals surface area contributed by atoms with E-state index in [1.54, 1.807) is 13.0 Å². The lowest BCUT2D eigenvalue weighted by Gasteiger charge is -2.20. The summed E-state index contributed by atoms with van der Waals surface area (Å²) in [7, 11) is 0. The number of benzene rings is 1. The molecule has 0 radical (unpaired) electrons. The van der Waals surface area contributed by atoms with Crippen molar-refractivity contribution in [2.24, 2.45) is 11.8 Å². The van der Waals surface area contributed by atoms with Crippen molar-refractivity contribution in [3.05, 3.63) is 39.4 Å². The van der Waals surface area contributed by atoms with Crippen molar-refractivity contribution in [1.29, 1.82) is 0 Å². The maximum Gasteiger partial charge on any atom is 0.272 e. The van der Waals surface area contributed by atoms with Crippen LogP contribution in [0.15, 0.2) is 18.2 Å². The van der Waals surface area contributed by atoms with Gasteiger partial charge in [0.05, 0.1) is 4.92 Å². The van der Waals surface area contributed by atoms with Gasteiger partial charge in [0.25, 0.3) is 5.69 Å². The zero-order chi connectivity index (χ0) is 14.7. The van der Waals surface area contributed by atoms with E-state index in [-0.39, 0.29) is 16.7 Å². The molecule has 0 amide bonds. The van der Waals surface area contributed by atoms with Crippen molar-refractivity contribution in [2.45, 2.75) is 46.1 Å². The van der Waals surface area contributed by atoms with Gasteiger partial charge in [-0.15, -0.1) is 0 Å². The van der Waals surface area contributed by atoms with E-state index in [0.29, 0.717) is 0 Å². The topological polar surface area (TPSA) is 55.2 Å². The summed E-state index contributed by atoms with van der Waals surface area (Å²) >= 11 is 0. The Morgan fingerprint density at radius 3 is 2.80 bits per heavy atom. The van der Waals surface area contributed by atoms with Gasteiger partial charge in [0.15, 0.2) is 0 Å². The van der Waals surface area contributed by atoms with E-state index in [2.05, 4.69) is 19.2 Å². The third-order valence-electron chi connectivity index (χ3n) is 4.66.